The van der Waals surface area contributed by atoms with Crippen LogP contribution in [0.25, 0.3) is 0 Å². The van der Waals surface area contributed by atoms with E-state index in [-0.39, 0.29) is 6.16 Å². The van der Waals surface area contributed by atoms with Gasteiger partial charge in [-0.05, 0) is 27.2 Å². The van der Waals surface area contributed by atoms with E-state index in [1.807, 2.05) is 0 Å². The fourth-order valence-electron chi connectivity index (χ4n) is 1.21. The molecule has 0 saturated carbocycles. The summed E-state index contributed by atoms with van der Waals surface area (Å²) in [6, 6.07) is 0. The number of carbonyl (C=O) groups is 1. The SMILES string of the molecule is CCOP(=O)(CCC(C)=CC(=O)OC)OCC. The van der Waals surface area contributed by atoms with Crippen molar-refractivity contribution < 1.29 is 23.1 Å². The van der Waals surface area contributed by atoms with E-state index < -0.39 is 13.6 Å². The zero-order valence-corrected chi connectivity index (χ0v) is 11.8. The minimum absolute atomic E-state index is 0.272. The van der Waals surface area contributed by atoms with Gasteiger partial charge >= 0.3 is 13.6 Å². The number of methoxy groups -OCH3 is 1. The van der Waals surface area contributed by atoms with Gasteiger partial charge in [-0.3, -0.25) is 4.57 Å². The molecule has 0 fully saturated rings. The van der Waals surface area contributed by atoms with Crippen molar-refractivity contribution >= 4 is 13.6 Å². The van der Waals surface area contributed by atoms with Gasteiger partial charge in [0.2, 0.25) is 0 Å². The molecule has 0 unspecified atom stereocenters. The zero-order chi connectivity index (χ0) is 13.3. The number of allylic oxidation sites excluding steroid dienone is 1. The van der Waals surface area contributed by atoms with Crippen LogP contribution in [0.15, 0.2) is 11.6 Å². The van der Waals surface area contributed by atoms with Gasteiger partial charge in [0.1, 0.15) is 0 Å². The van der Waals surface area contributed by atoms with Gasteiger partial charge < -0.3 is 13.8 Å². The van der Waals surface area contributed by atoms with E-state index in [2.05, 4.69) is 4.74 Å². The first kappa shape index (κ1) is 16.4. The average molecular weight is 264 g/mol. The number of hydrogen-bond acceptors (Lipinski definition) is 5. The number of rotatable bonds is 8. The third kappa shape index (κ3) is 7.31. The molecule has 0 amide bonds. The highest BCUT2D eigenvalue weighted by Gasteiger charge is 2.22. The number of hydrogen-bond donors (Lipinski definition) is 0. The second kappa shape index (κ2) is 8.45. The second-order valence-electron chi connectivity index (χ2n) is 3.43. The van der Waals surface area contributed by atoms with Crippen LogP contribution >= 0.6 is 7.60 Å². The Kier molecular flexibility index (Phi) is 8.13. The summed E-state index contributed by atoms with van der Waals surface area (Å²) >= 11 is 0. The average Bonchev–Trinajstić information content (AvgIpc) is 2.27. The Morgan fingerprint density at radius 3 is 2.18 bits per heavy atom. The van der Waals surface area contributed by atoms with Crippen molar-refractivity contribution in [2.24, 2.45) is 0 Å². The van der Waals surface area contributed by atoms with Crippen LogP contribution in [0.5, 0.6) is 0 Å². The lowest BCUT2D eigenvalue weighted by molar-refractivity contribution is -0.134. The van der Waals surface area contributed by atoms with Gasteiger partial charge in [0.05, 0.1) is 26.5 Å². The third-order valence-electron chi connectivity index (χ3n) is 2.00. The number of carbonyl (C=O) groups excluding carboxylic acids is 1. The minimum Gasteiger partial charge on any atom is -0.466 e. The van der Waals surface area contributed by atoms with Gasteiger partial charge in [-0.1, -0.05) is 5.57 Å². The van der Waals surface area contributed by atoms with E-state index in [0.717, 1.165) is 5.57 Å². The molecule has 0 saturated heterocycles. The first-order valence-electron chi connectivity index (χ1n) is 5.60. The Bertz CT molecular complexity index is 301. The van der Waals surface area contributed by atoms with Crippen LogP contribution in [0.3, 0.4) is 0 Å². The summed E-state index contributed by atoms with van der Waals surface area (Å²) in [6.07, 6.45) is 2.13. The maximum absolute atomic E-state index is 12.1. The molecule has 0 rings (SSSR count). The van der Waals surface area contributed by atoms with Crippen LogP contribution in [0, 0.1) is 0 Å². The van der Waals surface area contributed by atoms with E-state index >= 15 is 0 Å². The topological polar surface area (TPSA) is 61.8 Å². The second-order valence-corrected chi connectivity index (χ2v) is 5.62. The maximum atomic E-state index is 12.1. The van der Waals surface area contributed by atoms with Gasteiger partial charge in [-0.2, -0.15) is 0 Å². The highest BCUT2D eigenvalue weighted by Crippen LogP contribution is 2.48. The van der Waals surface area contributed by atoms with Gasteiger partial charge in [-0.15, -0.1) is 0 Å². The van der Waals surface area contributed by atoms with Crippen molar-refractivity contribution in [1.29, 1.82) is 0 Å². The van der Waals surface area contributed by atoms with E-state index in [0.29, 0.717) is 19.6 Å². The summed E-state index contributed by atoms with van der Waals surface area (Å²) in [4.78, 5) is 11.0. The third-order valence-corrected chi connectivity index (χ3v) is 4.07. The lowest BCUT2D eigenvalue weighted by atomic mass is 10.2. The molecular weight excluding hydrogens is 243 g/mol. The molecule has 0 heterocycles. The summed E-state index contributed by atoms with van der Waals surface area (Å²) in [5, 5.41) is 0. The van der Waals surface area contributed by atoms with Crippen molar-refractivity contribution in [2.75, 3.05) is 26.5 Å². The van der Waals surface area contributed by atoms with Crippen LogP contribution in [0.4, 0.5) is 0 Å². The first-order valence-corrected chi connectivity index (χ1v) is 7.33. The molecule has 17 heavy (non-hydrogen) atoms. The van der Waals surface area contributed by atoms with E-state index in [1.165, 1.54) is 13.2 Å². The summed E-state index contributed by atoms with van der Waals surface area (Å²) in [5.74, 6) is -0.412. The van der Waals surface area contributed by atoms with Crippen LogP contribution in [0.2, 0.25) is 0 Å². The molecule has 0 aliphatic heterocycles. The standard InChI is InChI=1S/C11H21O5P/c1-5-15-17(13,16-6-2)8-7-10(3)9-11(12)14-4/h9H,5-8H2,1-4H3. The molecule has 100 valence electrons. The maximum Gasteiger partial charge on any atom is 0.330 e. The fourth-order valence-corrected chi connectivity index (χ4v) is 2.95. The molecule has 0 aromatic rings. The van der Waals surface area contributed by atoms with Crippen LogP contribution in [-0.2, 0) is 23.1 Å². The van der Waals surface area contributed by atoms with Crippen LogP contribution < -0.4 is 0 Å². The molecule has 0 bridgehead atoms. The number of esters is 1. The quantitative estimate of drug-likeness (QED) is 0.383. The minimum atomic E-state index is -3.02. The van der Waals surface area contributed by atoms with Crippen LogP contribution in [0.1, 0.15) is 27.2 Å². The molecule has 0 aliphatic carbocycles. The summed E-state index contributed by atoms with van der Waals surface area (Å²) in [7, 11) is -1.70. The molecule has 0 atom stereocenters. The summed E-state index contributed by atoms with van der Waals surface area (Å²) < 4.78 is 26.9. The monoisotopic (exact) mass is 264 g/mol. The van der Waals surface area contributed by atoms with Crippen molar-refractivity contribution in [1.82, 2.24) is 0 Å². The molecule has 0 spiro atoms. The predicted molar refractivity (Wildman–Crippen MR) is 66.1 cm³/mol. The van der Waals surface area contributed by atoms with Crippen LogP contribution in [-0.4, -0.2) is 32.5 Å². The Morgan fingerprint density at radius 2 is 1.76 bits per heavy atom. The summed E-state index contributed by atoms with van der Waals surface area (Å²) in [6.45, 7) is 6.00. The predicted octanol–water partition coefficient (Wildman–Crippen LogP) is 2.76. The smallest absolute Gasteiger partial charge is 0.330 e. The molecule has 0 aliphatic rings. The van der Waals surface area contributed by atoms with E-state index in [9.17, 15) is 9.36 Å². The normalized spacial score (nSPS) is 12.6. The van der Waals surface area contributed by atoms with E-state index in [1.54, 1.807) is 20.8 Å². The lowest BCUT2D eigenvalue weighted by Crippen LogP contribution is -2.02. The first-order chi connectivity index (χ1) is 7.97. The highest BCUT2D eigenvalue weighted by atomic mass is 31.2. The molecule has 0 aromatic heterocycles. The highest BCUT2D eigenvalue weighted by molar-refractivity contribution is 7.53. The number of ether oxygens (including phenoxy) is 1. The Morgan fingerprint density at radius 1 is 1.24 bits per heavy atom. The Labute approximate surface area is 103 Å². The van der Waals surface area contributed by atoms with Gasteiger partial charge in [0, 0.05) is 6.08 Å². The molecule has 0 N–H and O–H groups in total. The van der Waals surface area contributed by atoms with Crippen molar-refractivity contribution in [3.05, 3.63) is 11.6 Å². The lowest BCUT2D eigenvalue weighted by Gasteiger charge is -2.16. The van der Waals surface area contributed by atoms with Gasteiger partial charge in [0.25, 0.3) is 0 Å². The largest absolute Gasteiger partial charge is 0.466 e. The van der Waals surface area contributed by atoms with Gasteiger partial charge in [-0.25, -0.2) is 4.79 Å². The zero-order valence-electron chi connectivity index (χ0n) is 10.9. The Hall–Kier alpha value is -0.640. The molecule has 6 heteroatoms. The fraction of sp³-hybridized carbons (Fsp3) is 0.727. The molecular formula is C11H21O5P. The van der Waals surface area contributed by atoms with Crippen molar-refractivity contribution in [3.8, 4) is 0 Å². The molecule has 0 aromatic carbocycles. The summed E-state index contributed by atoms with van der Waals surface area (Å²) in [5.41, 5.74) is 0.788. The van der Waals surface area contributed by atoms with E-state index in [4.69, 9.17) is 9.05 Å². The van der Waals surface area contributed by atoms with Crippen molar-refractivity contribution in [2.45, 2.75) is 27.2 Å². The van der Waals surface area contributed by atoms with Crippen molar-refractivity contribution in [3.63, 3.8) is 0 Å². The molecule has 5 nitrogen and oxygen atoms in total. The molecule has 0 radical (unpaired) electrons. The van der Waals surface area contributed by atoms with Gasteiger partial charge in [0.15, 0.2) is 0 Å². The Balaban J connectivity index is 4.35.